The van der Waals surface area contributed by atoms with Gasteiger partial charge >= 0.3 is 0 Å². The number of hydrogen-bond acceptors (Lipinski definition) is 4. The van der Waals surface area contributed by atoms with E-state index in [-0.39, 0.29) is 11.9 Å². The molecule has 2 atom stereocenters. The number of likely N-dealkylation sites (N-methyl/N-ethyl adjacent to an activating group) is 1. The van der Waals surface area contributed by atoms with Crippen molar-refractivity contribution in [2.24, 2.45) is 11.3 Å². The van der Waals surface area contributed by atoms with Gasteiger partial charge in [-0.1, -0.05) is 6.92 Å². The molecule has 2 unspecified atom stereocenters. The molecule has 5 heteroatoms. The molecular formula is C18H29N3O2. The van der Waals surface area contributed by atoms with Crippen LogP contribution in [0.25, 0.3) is 0 Å². The maximum atomic E-state index is 12.6. The summed E-state index contributed by atoms with van der Waals surface area (Å²) >= 11 is 0. The number of aromatic nitrogens is 1. The molecule has 128 valence electrons. The molecule has 0 spiro atoms. The molecule has 23 heavy (non-hydrogen) atoms. The van der Waals surface area contributed by atoms with E-state index in [1.54, 1.807) is 6.20 Å². The third-order valence-electron chi connectivity index (χ3n) is 4.46. The first kappa shape index (κ1) is 17.7. The van der Waals surface area contributed by atoms with Crippen LogP contribution in [0.3, 0.4) is 0 Å². The Kier molecular flexibility index (Phi) is 5.30. The first-order valence-corrected chi connectivity index (χ1v) is 8.24. The van der Waals surface area contributed by atoms with Crippen molar-refractivity contribution in [3.05, 3.63) is 23.4 Å². The fourth-order valence-corrected chi connectivity index (χ4v) is 2.93. The molecule has 1 amide bonds. The van der Waals surface area contributed by atoms with Gasteiger partial charge in [0.15, 0.2) is 0 Å². The van der Waals surface area contributed by atoms with Crippen molar-refractivity contribution in [1.82, 2.24) is 15.2 Å². The number of nitrogens with zero attached hydrogens (tertiary/aromatic N) is 2. The number of nitrogens with one attached hydrogen (secondary N) is 1. The van der Waals surface area contributed by atoms with Gasteiger partial charge in [-0.25, -0.2) is 4.98 Å². The summed E-state index contributed by atoms with van der Waals surface area (Å²) in [5, 5.41) is 3.18. The molecule has 0 bridgehead atoms. The quantitative estimate of drug-likeness (QED) is 0.904. The van der Waals surface area contributed by atoms with Crippen molar-refractivity contribution in [3.8, 4) is 5.88 Å². The number of amides is 1. The molecule has 1 N–H and O–H groups in total. The van der Waals surface area contributed by atoms with E-state index < -0.39 is 5.41 Å². The van der Waals surface area contributed by atoms with Crippen molar-refractivity contribution in [2.45, 2.75) is 40.7 Å². The molecule has 0 radical (unpaired) electrons. The van der Waals surface area contributed by atoms with Crippen LogP contribution in [0.15, 0.2) is 12.3 Å². The number of carbonyl (C=O) groups excluding carboxylic acids is 1. The van der Waals surface area contributed by atoms with E-state index in [4.69, 9.17) is 4.74 Å². The van der Waals surface area contributed by atoms with Crippen LogP contribution in [0.4, 0.5) is 0 Å². The Morgan fingerprint density at radius 2 is 2.13 bits per heavy atom. The van der Waals surface area contributed by atoms with Gasteiger partial charge in [0.1, 0.15) is 6.61 Å². The molecule has 0 aliphatic carbocycles. The topological polar surface area (TPSA) is 54.5 Å². The molecule has 1 aliphatic heterocycles. The zero-order valence-corrected chi connectivity index (χ0v) is 15.1. The number of pyridine rings is 1. The maximum absolute atomic E-state index is 12.6. The van der Waals surface area contributed by atoms with Crippen molar-refractivity contribution < 1.29 is 9.53 Å². The molecule has 1 aromatic heterocycles. The SMILES string of the molecule is Cc1cnc(OCC(C)(C)C(=O)NC2CN(C)CC2C)c(C)c1. The molecule has 0 saturated carbocycles. The van der Waals surface area contributed by atoms with Crippen molar-refractivity contribution in [2.75, 3.05) is 26.7 Å². The van der Waals surface area contributed by atoms with E-state index in [2.05, 4.69) is 29.2 Å². The van der Waals surface area contributed by atoms with E-state index in [0.29, 0.717) is 18.4 Å². The van der Waals surface area contributed by atoms with Gasteiger partial charge in [-0.3, -0.25) is 4.79 Å². The maximum Gasteiger partial charge on any atom is 0.229 e. The van der Waals surface area contributed by atoms with Crippen molar-refractivity contribution >= 4 is 5.91 Å². The summed E-state index contributed by atoms with van der Waals surface area (Å²) in [7, 11) is 2.09. The second kappa shape index (κ2) is 6.87. The standard InChI is InChI=1S/C18H29N3O2/c1-12-7-13(2)16(19-8-12)23-11-18(4,5)17(22)20-15-10-21(6)9-14(15)3/h7-8,14-15H,9-11H2,1-6H3,(H,20,22). The summed E-state index contributed by atoms with van der Waals surface area (Å²) < 4.78 is 5.81. The monoisotopic (exact) mass is 319 g/mol. The molecule has 5 nitrogen and oxygen atoms in total. The number of hydrogen-bond donors (Lipinski definition) is 1. The lowest BCUT2D eigenvalue weighted by atomic mass is 9.92. The second-order valence-corrected chi connectivity index (χ2v) is 7.59. The Morgan fingerprint density at radius 1 is 1.43 bits per heavy atom. The minimum Gasteiger partial charge on any atom is -0.476 e. The Morgan fingerprint density at radius 3 is 2.70 bits per heavy atom. The lowest BCUT2D eigenvalue weighted by Gasteiger charge is -2.27. The van der Waals surface area contributed by atoms with Crippen LogP contribution in [-0.2, 0) is 4.79 Å². The van der Waals surface area contributed by atoms with Gasteiger partial charge < -0.3 is 15.0 Å². The number of likely N-dealkylation sites (tertiary alicyclic amines) is 1. The molecular weight excluding hydrogens is 290 g/mol. The highest BCUT2D eigenvalue weighted by Crippen LogP contribution is 2.22. The number of carbonyl (C=O) groups is 1. The highest BCUT2D eigenvalue weighted by molar-refractivity contribution is 5.82. The highest BCUT2D eigenvalue weighted by Gasteiger charge is 2.34. The normalized spacial score (nSPS) is 22.2. The molecule has 1 aliphatic rings. The van der Waals surface area contributed by atoms with Crippen LogP contribution in [0, 0.1) is 25.2 Å². The van der Waals surface area contributed by atoms with Gasteiger partial charge in [0.05, 0.1) is 5.41 Å². The van der Waals surface area contributed by atoms with E-state index >= 15 is 0 Å². The Hall–Kier alpha value is -1.62. The minimum atomic E-state index is -0.597. The third kappa shape index (κ3) is 4.44. The van der Waals surface area contributed by atoms with E-state index in [0.717, 1.165) is 24.2 Å². The van der Waals surface area contributed by atoms with Gasteiger partial charge in [-0.05, 0) is 52.3 Å². The summed E-state index contributed by atoms with van der Waals surface area (Å²) in [5.41, 5.74) is 1.50. The van der Waals surface area contributed by atoms with Gasteiger partial charge in [-0.15, -0.1) is 0 Å². The average molecular weight is 319 g/mol. The predicted octanol–water partition coefficient (Wildman–Crippen LogP) is 2.17. The number of ether oxygens (including phenoxy) is 1. The molecule has 2 rings (SSSR count). The average Bonchev–Trinajstić information content (AvgIpc) is 2.75. The second-order valence-electron chi connectivity index (χ2n) is 7.59. The predicted molar refractivity (Wildman–Crippen MR) is 91.6 cm³/mol. The van der Waals surface area contributed by atoms with Crippen LogP contribution in [0.5, 0.6) is 5.88 Å². The van der Waals surface area contributed by atoms with E-state index in [1.807, 2.05) is 33.8 Å². The summed E-state index contributed by atoms with van der Waals surface area (Å²) in [6.07, 6.45) is 1.78. The summed E-state index contributed by atoms with van der Waals surface area (Å²) in [6, 6.07) is 2.25. The molecule has 1 saturated heterocycles. The van der Waals surface area contributed by atoms with Crippen LogP contribution < -0.4 is 10.1 Å². The van der Waals surface area contributed by atoms with Crippen LogP contribution in [-0.4, -0.2) is 48.6 Å². The summed E-state index contributed by atoms with van der Waals surface area (Å²) in [6.45, 7) is 12.2. The van der Waals surface area contributed by atoms with Gasteiger partial charge in [0.2, 0.25) is 11.8 Å². The zero-order chi connectivity index (χ0) is 17.2. The van der Waals surface area contributed by atoms with Crippen molar-refractivity contribution in [3.63, 3.8) is 0 Å². The van der Waals surface area contributed by atoms with Gasteiger partial charge in [0, 0.05) is 30.9 Å². The smallest absolute Gasteiger partial charge is 0.229 e. The van der Waals surface area contributed by atoms with Gasteiger partial charge in [0.25, 0.3) is 0 Å². The molecule has 1 aromatic rings. The zero-order valence-electron chi connectivity index (χ0n) is 15.1. The fourth-order valence-electron chi connectivity index (χ4n) is 2.93. The minimum absolute atomic E-state index is 0.0365. The van der Waals surface area contributed by atoms with E-state index in [1.165, 1.54) is 0 Å². The molecule has 0 aromatic carbocycles. The number of aryl methyl sites for hydroxylation is 2. The van der Waals surface area contributed by atoms with E-state index in [9.17, 15) is 4.79 Å². The van der Waals surface area contributed by atoms with Crippen LogP contribution in [0.2, 0.25) is 0 Å². The first-order valence-electron chi connectivity index (χ1n) is 8.24. The highest BCUT2D eigenvalue weighted by atomic mass is 16.5. The molecule has 1 fully saturated rings. The lowest BCUT2D eigenvalue weighted by Crippen LogP contribution is -2.48. The Bertz CT molecular complexity index is 571. The summed E-state index contributed by atoms with van der Waals surface area (Å²) in [5.74, 6) is 1.11. The van der Waals surface area contributed by atoms with Gasteiger partial charge in [-0.2, -0.15) is 0 Å². The first-order chi connectivity index (χ1) is 10.7. The fraction of sp³-hybridized carbons (Fsp3) is 0.667. The third-order valence-corrected chi connectivity index (χ3v) is 4.46. The summed E-state index contributed by atoms with van der Waals surface area (Å²) in [4.78, 5) is 19.2. The Balaban J connectivity index is 1.93. The molecule has 2 heterocycles. The lowest BCUT2D eigenvalue weighted by molar-refractivity contribution is -0.131. The van der Waals surface area contributed by atoms with Crippen LogP contribution in [0.1, 0.15) is 31.9 Å². The largest absolute Gasteiger partial charge is 0.476 e. The number of rotatable bonds is 5. The van der Waals surface area contributed by atoms with Crippen LogP contribution >= 0.6 is 0 Å². The van der Waals surface area contributed by atoms with Crippen molar-refractivity contribution in [1.29, 1.82) is 0 Å². The Labute approximate surface area is 139 Å².